The van der Waals surface area contributed by atoms with Gasteiger partial charge in [-0.25, -0.2) is 0 Å². The average Bonchev–Trinajstić information content (AvgIpc) is 2.63. The zero-order valence-electron chi connectivity index (χ0n) is 23.7. The van der Waals surface area contributed by atoms with Gasteiger partial charge < -0.3 is 18.4 Å². The van der Waals surface area contributed by atoms with E-state index in [0.29, 0.717) is 0 Å². The molecule has 7 heteroatoms. The Morgan fingerprint density at radius 2 is 0.743 bits per heavy atom. The van der Waals surface area contributed by atoms with Gasteiger partial charge >= 0.3 is 8.56 Å². The summed E-state index contributed by atoms with van der Waals surface area (Å²) in [6.07, 6.45) is 16.8. The minimum Gasteiger partial charge on any atom is -0.437 e. The van der Waals surface area contributed by atoms with Crippen LogP contribution in [0.4, 0.5) is 0 Å². The molecule has 0 aliphatic carbocycles. The van der Waals surface area contributed by atoms with Crippen LogP contribution in [-0.2, 0) is 8.23 Å². The predicted octanol–water partition coefficient (Wildman–Crippen LogP) is 9.63. The summed E-state index contributed by atoms with van der Waals surface area (Å²) in [5.41, 5.74) is 0. The predicted molar refractivity (Wildman–Crippen MR) is 166 cm³/mol. The number of hydrogen-bond acceptors (Lipinski definition) is 4. The van der Waals surface area contributed by atoms with E-state index in [4.69, 9.17) is 8.23 Å². The van der Waals surface area contributed by atoms with Crippen LogP contribution in [0.2, 0.25) is 51.4 Å². The van der Waals surface area contributed by atoms with E-state index in [2.05, 4.69) is 39.3 Å². The summed E-state index contributed by atoms with van der Waals surface area (Å²) in [6.45, 7) is 17.8. The molecule has 0 fully saturated rings. The highest BCUT2D eigenvalue weighted by Crippen LogP contribution is 2.27. The molecular formula is C28H68O4Si3. The van der Waals surface area contributed by atoms with Gasteiger partial charge in [-0.05, 0) is 78.1 Å². The molecule has 0 aromatic rings. The topological polar surface area (TPSA) is 58.9 Å². The lowest BCUT2D eigenvalue weighted by molar-refractivity contribution is 0.180. The zero-order chi connectivity index (χ0) is 25.4. The van der Waals surface area contributed by atoms with Gasteiger partial charge in [0.15, 0.2) is 16.6 Å². The Bertz CT molecular complexity index is 429. The number of hydrogen-bond donors (Lipinski definition) is 2. The first-order chi connectivity index (χ1) is 15.2. The molecule has 0 rings (SSSR count). The molecule has 0 amide bonds. The highest BCUT2D eigenvalue weighted by molar-refractivity contribution is 6.87. The second kappa shape index (κ2) is 21.4. The number of aliphatic hydroxyl groups excluding tert-OH is 2. The average molecular weight is 553 g/mol. The summed E-state index contributed by atoms with van der Waals surface area (Å²) in [7, 11) is -5.46. The first-order valence-electron chi connectivity index (χ1n) is 14.0. The largest absolute Gasteiger partial charge is 0.437 e. The van der Waals surface area contributed by atoms with Crippen molar-refractivity contribution in [1.29, 1.82) is 0 Å². The Morgan fingerprint density at radius 3 is 1.03 bits per heavy atom. The van der Waals surface area contributed by atoms with Crippen molar-refractivity contribution in [3.63, 3.8) is 0 Å². The number of aliphatic hydroxyl groups is 2. The fourth-order valence-electron chi connectivity index (χ4n) is 4.85. The van der Waals surface area contributed by atoms with Crippen molar-refractivity contribution < 1.29 is 18.4 Å². The van der Waals surface area contributed by atoms with Gasteiger partial charge in [-0.2, -0.15) is 0 Å². The molecule has 0 aliphatic heterocycles. The van der Waals surface area contributed by atoms with Crippen LogP contribution in [0.1, 0.15) is 119 Å². The Kier molecular flexibility index (Phi) is 24.5. The van der Waals surface area contributed by atoms with Gasteiger partial charge in [0.25, 0.3) is 0 Å². The van der Waals surface area contributed by atoms with Gasteiger partial charge in [-0.15, -0.1) is 0 Å². The van der Waals surface area contributed by atoms with Crippen molar-refractivity contribution in [3.8, 4) is 0 Å². The van der Waals surface area contributed by atoms with Crippen molar-refractivity contribution in [1.82, 2.24) is 0 Å². The molecular weight excluding hydrogens is 485 g/mol. The van der Waals surface area contributed by atoms with Crippen LogP contribution in [0.3, 0.4) is 0 Å². The lowest BCUT2D eigenvalue weighted by Gasteiger charge is -2.39. The number of rotatable bonds is 22. The van der Waals surface area contributed by atoms with Crippen LogP contribution >= 0.6 is 0 Å². The fraction of sp³-hybridized carbons (Fsp3) is 1.00. The van der Waals surface area contributed by atoms with Gasteiger partial charge in [0.2, 0.25) is 0 Å². The minimum absolute atomic E-state index is 0. The molecule has 0 saturated carbocycles. The summed E-state index contributed by atoms with van der Waals surface area (Å²) >= 11 is 0. The molecule has 0 radical (unpaired) electrons. The molecule has 2 N–H and O–H groups in total. The molecule has 0 bridgehead atoms. The van der Waals surface area contributed by atoms with Gasteiger partial charge in [0.1, 0.15) is 0 Å². The molecule has 2 atom stereocenters. The first kappa shape index (κ1) is 40.0. The summed E-state index contributed by atoms with van der Waals surface area (Å²) in [5, 5.41) is 18.7. The SMILES string of the molecule is C.C.CC(O)CCCCCCCC[Si](C)(C)O[Si](C)(C)O[Si](C)(C)CCCCCCCCC(C)O. The molecule has 4 nitrogen and oxygen atoms in total. The Hall–Kier alpha value is 0.491. The van der Waals surface area contributed by atoms with E-state index >= 15 is 0 Å². The second-order valence-corrected chi connectivity index (χ2v) is 24.6. The maximum Gasteiger partial charge on any atom is 0.311 e. The smallest absolute Gasteiger partial charge is 0.311 e. The van der Waals surface area contributed by atoms with E-state index in [1.54, 1.807) is 0 Å². The maximum atomic E-state index is 9.33. The third kappa shape index (κ3) is 27.3. The summed E-state index contributed by atoms with van der Waals surface area (Å²) in [5.74, 6) is 0. The highest BCUT2D eigenvalue weighted by atomic mass is 28.5. The Morgan fingerprint density at radius 1 is 0.486 bits per heavy atom. The summed E-state index contributed by atoms with van der Waals surface area (Å²) in [6, 6.07) is 2.47. The quantitative estimate of drug-likeness (QED) is 0.104. The first-order valence-corrected chi connectivity index (χ1v) is 23.1. The lowest BCUT2D eigenvalue weighted by atomic mass is 10.1. The summed E-state index contributed by atoms with van der Waals surface area (Å²) in [4.78, 5) is 0. The molecule has 0 spiro atoms. The molecule has 0 aliphatic rings. The van der Waals surface area contributed by atoms with E-state index in [-0.39, 0.29) is 27.1 Å². The fourth-order valence-corrected chi connectivity index (χ4v) is 19.1. The van der Waals surface area contributed by atoms with Crippen molar-refractivity contribution >= 4 is 25.2 Å². The van der Waals surface area contributed by atoms with Gasteiger partial charge in [-0.1, -0.05) is 91.9 Å². The standard InChI is InChI=1S/C26H60O4Si3.2CH4/c1-25(27)21-17-13-9-11-15-19-23-31(3,4)29-33(7,8)30-32(5,6)24-20-16-12-10-14-18-22-26(2)28;;/h25-28H,9-24H2,1-8H3;2*1H4. The van der Waals surface area contributed by atoms with Crippen molar-refractivity contribution in [2.75, 3.05) is 0 Å². The van der Waals surface area contributed by atoms with E-state index in [9.17, 15) is 10.2 Å². The Balaban J connectivity index is -0.00000512. The van der Waals surface area contributed by atoms with E-state index in [1.807, 2.05) is 13.8 Å². The monoisotopic (exact) mass is 552 g/mol. The Labute approximate surface area is 225 Å². The van der Waals surface area contributed by atoms with Gasteiger partial charge in [0, 0.05) is 0 Å². The molecule has 35 heavy (non-hydrogen) atoms. The van der Waals surface area contributed by atoms with Gasteiger partial charge in [0.05, 0.1) is 12.2 Å². The molecule has 0 saturated heterocycles. The van der Waals surface area contributed by atoms with Crippen molar-refractivity contribution in [3.05, 3.63) is 0 Å². The van der Waals surface area contributed by atoms with Crippen molar-refractivity contribution in [2.45, 2.75) is 182 Å². The highest BCUT2D eigenvalue weighted by Gasteiger charge is 2.39. The normalized spacial score (nSPS) is 14.2. The third-order valence-electron chi connectivity index (χ3n) is 6.35. The minimum atomic E-state index is -2.09. The molecule has 0 heterocycles. The molecule has 0 aromatic heterocycles. The maximum absolute atomic E-state index is 9.33. The van der Waals surface area contributed by atoms with Crippen molar-refractivity contribution in [2.24, 2.45) is 0 Å². The van der Waals surface area contributed by atoms with Crippen LogP contribution in [0, 0.1) is 0 Å². The molecule has 216 valence electrons. The lowest BCUT2D eigenvalue weighted by Crippen LogP contribution is -2.52. The second-order valence-electron chi connectivity index (χ2n) is 12.1. The van der Waals surface area contributed by atoms with Gasteiger partial charge in [-0.3, -0.25) is 0 Å². The van der Waals surface area contributed by atoms with Crippen LogP contribution in [0.15, 0.2) is 0 Å². The third-order valence-corrected chi connectivity index (χ3v) is 17.8. The van der Waals surface area contributed by atoms with E-state index in [0.717, 1.165) is 25.7 Å². The van der Waals surface area contributed by atoms with E-state index in [1.165, 1.54) is 76.3 Å². The molecule has 0 aromatic carbocycles. The van der Waals surface area contributed by atoms with Crippen LogP contribution in [0.5, 0.6) is 0 Å². The van der Waals surface area contributed by atoms with Crippen LogP contribution < -0.4 is 0 Å². The molecule has 2 unspecified atom stereocenters. The zero-order valence-corrected chi connectivity index (χ0v) is 26.7. The van der Waals surface area contributed by atoms with E-state index < -0.39 is 25.2 Å². The number of unbranched alkanes of at least 4 members (excludes halogenated alkanes) is 10. The summed E-state index contributed by atoms with van der Waals surface area (Å²) < 4.78 is 13.5. The van der Waals surface area contributed by atoms with Crippen LogP contribution in [-0.4, -0.2) is 47.6 Å². The van der Waals surface area contributed by atoms with Crippen LogP contribution in [0.25, 0.3) is 0 Å².